The van der Waals surface area contributed by atoms with Gasteiger partial charge >= 0.3 is 5.97 Å². The molecular formula is C19H38O2. The Kier molecular flexibility index (Phi) is 15.5. The molecule has 2 nitrogen and oxygen atoms in total. The number of carbonyl (C=O) groups is 1. The fraction of sp³-hybridized carbons (Fsp3) is 0.947. The average molecular weight is 299 g/mol. The molecule has 1 unspecified atom stereocenters. The number of carbonyl (C=O) groups excluding carboxylic acids is 1. The van der Waals surface area contributed by atoms with Crippen LogP contribution in [0.1, 0.15) is 104 Å². The molecule has 0 saturated heterocycles. The molecule has 0 radical (unpaired) electrons. The van der Waals surface area contributed by atoms with Crippen LogP contribution in [0.2, 0.25) is 0 Å². The van der Waals surface area contributed by atoms with Gasteiger partial charge in [0.1, 0.15) is 0 Å². The third kappa shape index (κ3) is 14.2. The van der Waals surface area contributed by atoms with Crippen molar-refractivity contribution in [2.75, 3.05) is 6.61 Å². The highest BCUT2D eigenvalue weighted by atomic mass is 16.5. The van der Waals surface area contributed by atoms with E-state index in [1.807, 2.05) is 6.92 Å². The summed E-state index contributed by atoms with van der Waals surface area (Å²) >= 11 is 0. The van der Waals surface area contributed by atoms with E-state index in [9.17, 15) is 4.79 Å². The van der Waals surface area contributed by atoms with E-state index in [0.717, 1.165) is 19.3 Å². The SMILES string of the molecule is CCCCCCCCCOC(=O)C(C)CCCCCCC. The van der Waals surface area contributed by atoms with Gasteiger partial charge in [-0.25, -0.2) is 0 Å². The van der Waals surface area contributed by atoms with E-state index in [1.165, 1.54) is 64.2 Å². The highest BCUT2D eigenvalue weighted by Gasteiger charge is 2.13. The summed E-state index contributed by atoms with van der Waals surface area (Å²) < 4.78 is 5.37. The second kappa shape index (κ2) is 15.9. The molecule has 0 aromatic rings. The van der Waals surface area contributed by atoms with Crippen LogP contribution in [-0.2, 0) is 9.53 Å². The quantitative estimate of drug-likeness (QED) is 0.263. The van der Waals surface area contributed by atoms with Gasteiger partial charge in [0.05, 0.1) is 12.5 Å². The molecule has 2 heteroatoms. The lowest BCUT2D eigenvalue weighted by Gasteiger charge is -2.11. The summed E-state index contributed by atoms with van der Waals surface area (Å²) in [6.45, 7) is 7.09. The number of unbranched alkanes of at least 4 members (excludes halogenated alkanes) is 10. The van der Waals surface area contributed by atoms with Crippen molar-refractivity contribution in [3.63, 3.8) is 0 Å². The number of hydrogen-bond acceptors (Lipinski definition) is 2. The van der Waals surface area contributed by atoms with Crippen LogP contribution in [0, 0.1) is 5.92 Å². The van der Waals surface area contributed by atoms with E-state index < -0.39 is 0 Å². The molecule has 0 aliphatic heterocycles. The first-order valence-corrected chi connectivity index (χ1v) is 9.39. The molecule has 0 fully saturated rings. The normalized spacial score (nSPS) is 12.3. The number of esters is 1. The van der Waals surface area contributed by atoms with Crippen LogP contribution >= 0.6 is 0 Å². The van der Waals surface area contributed by atoms with Gasteiger partial charge in [0.15, 0.2) is 0 Å². The van der Waals surface area contributed by atoms with Crippen LogP contribution in [0.4, 0.5) is 0 Å². The molecule has 0 aliphatic carbocycles. The van der Waals surface area contributed by atoms with Crippen molar-refractivity contribution in [2.45, 2.75) is 104 Å². The summed E-state index contributed by atoms with van der Waals surface area (Å²) in [4.78, 5) is 11.8. The predicted molar refractivity (Wildman–Crippen MR) is 91.5 cm³/mol. The van der Waals surface area contributed by atoms with E-state index in [0.29, 0.717) is 6.61 Å². The maximum Gasteiger partial charge on any atom is 0.308 e. The smallest absolute Gasteiger partial charge is 0.308 e. The molecular weight excluding hydrogens is 260 g/mol. The molecule has 21 heavy (non-hydrogen) atoms. The van der Waals surface area contributed by atoms with Crippen LogP contribution in [0.25, 0.3) is 0 Å². The molecule has 0 saturated carbocycles. The number of rotatable bonds is 15. The second-order valence-corrected chi connectivity index (χ2v) is 6.39. The molecule has 0 amide bonds. The molecule has 0 heterocycles. The minimum absolute atomic E-state index is 0.0106. The maximum atomic E-state index is 11.8. The van der Waals surface area contributed by atoms with Crippen molar-refractivity contribution in [2.24, 2.45) is 5.92 Å². The van der Waals surface area contributed by atoms with E-state index in [4.69, 9.17) is 4.74 Å². The lowest BCUT2D eigenvalue weighted by molar-refractivity contribution is -0.148. The van der Waals surface area contributed by atoms with Crippen LogP contribution in [0.5, 0.6) is 0 Å². The van der Waals surface area contributed by atoms with Gasteiger partial charge in [-0.1, -0.05) is 91.4 Å². The predicted octanol–water partition coefficient (Wildman–Crippen LogP) is 6.28. The van der Waals surface area contributed by atoms with Crippen LogP contribution in [0.15, 0.2) is 0 Å². The summed E-state index contributed by atoms with van der Waals surface area (Å²) in [5.74, 6) is 0.0904. The second-order valence-electron chi connectivity index (χ2n) is 6.39. The molecule has 1 atom stereocenters. The van der Waals surface area contributed by atoms with Crippen molar-refractivity contribution in [3.05, 3.63) is 0 Å². The van der Waals surface area contributed by atoms with Gasteiger partial charge in [-0.05, 0) is 12.8 Å². The molecule has 0 bridgehead atoms. The van der Waals surface area contributed by atoms with Crippen molar-refractivity contribution in [1.82, 2.24) is 0 Å². The summed E-state index contributed by atoms with van der Waals surface area (Å²) in [6, 6.07) is 0. The first-order valence-electron chi connectivity index (χ1n) is 9.39. The van der Waals surface area contributed by atoms with E-state index in [-0.39, 0.29) is 11.9 Å². The monoisotopic (exact) mass is 298 g/mol. The Morgan fingerprint density at radius 2 is 1.24 bits per heavy atom. The van der Waals surface area contributed by atoms with Gasteiger partial charge in [-0.3, -0.25) is 4.79 Å². The van der Waals surface area contributed by atoms with Crippen molar-refractivity contribution < 1.29 is 9.53 Å². The third-order valence-corrected chi connectivity index (χ3v) is 4.14. The lowest BCUT2D eigenvalue weighted by Crippen LogP contribution is -2.15. The molecule has 0 rings (SSSR count). The fourth-order valence-electron chi connectivity index (χ4n) is 2.55. The highest BCUT2D eigenvalue weighted by molar-refractivity contribution is 5.71. The standard InChI is InChI=1S/C19H38O2/c1-4-6-8-10-11-13-15-17-21-19(20)18(3)16-14-12-9-7-5-2/h18H,4-17H2,1-3H3. The topological polar surface area (TPSA) is 26.3 Å². The van der Waals surface area contributed by atoms with E-state index >= 15 is 0 Å². The first kappa shape index (κ1) is 20.5. The Labute approximate surface area is 133 Å². The van der Waals surface area contributed by atoms with Gasteiger partial charge in [-0.2, -0.15) is 0 Å². The average Bonchev–Trinajstić information content (AvgIpc) is 2.49. The summed E-state index contributed by atoms with van der Waals surface area (Å²) in [6.07, 6.45) is 16.1. The lowest BCUT2D eigenvalue weighted by atomic mass is 10.0. The molecule has 0 aliphatic rings. The van der Waals surface area contributed by atoms with Crippen LogP contribution in [-0.4, -0.2) is 12.6 Å². The van der Waals surface area contributed by atoms with E-state index in [1.54, 1.807) is 0 Å². The Morgan fingerprint density at radius 3 is 1.81 bits per heavy atom. The summed E-state index contributed by atoms with van der Waals surface area (Å²) in [7, 11) is 0. The third-order valence-electron chi connectivity index (χ3n) is 4.14. The van der Waals surface area contributed by atoms with Crippen molar-refractivity contribution >= 4 is 5.97 Å². The van der Waals surface area contributed by atoms with E-state index in [2.05, 4.69) is 13.8 Å². The maximum absolute atomic E-state index is 11.8. The minimum atomic E-state index is 0.0106. The fourth-order valence-corrected chi connectivity index (χ4v) is 2.55. The van der Waals surface area contributed by atoms with Crippen molar-refractivity contribution in [3.8, 4) is 0 Å². The molecule has 0 aromatic carbocycles. The van der Waals surface area contributed by atoms with Gasteiger partial charge in [-0.15, -0.1) is 0 Å². The van der Waals surface area contributed by atoms with Crippen LogP contribution in [0.3, 0.4) is 0 Å². The Morgan fingerprint density at radius 1 is 0.762 bits per heavy atom. The number of hydrogen-bond donors (Lipinski definition) is 0. The first-order chi connectivity index (χ1) is 10.2. The molecule has 0 spiro atoms. The van der Waals surface area contributed by atoms with Crippen molar-refractivity contribution in [1.29, 1.82) is 0 Å². The molecule has 0 aromatic heterocycles. The van der Waals surface area contributed by atoms with Gasteiger partial charge in [0.2, 0.25) is 0 Å². The minimum Gasteiger partial charge on any atom is -0.465 e. The zero-order valence-electron chi connectivity index (χ0n) is 14.8. The van der Waals surface area contributed by atoms with Gasteiger partial charge < -0.3 is 4.74 Å². The van der Waals surface area contributed by atoms with Gasteiger partial charge in [0.25, 0.3) is 0 Å². The zero-order valence-corrected chi connectivity index (χ0v) is 14.8. The molecule has 0 N–H and O–H groups in total. The van der Waals surface area contributed by atoms with Gasteiger partial charge in [0, 0.05) is 0 Å². The summed E-state index contributed by atoms with van der Waals surface area (Å²) in [5, 5.41) is 0. The Hall–Kier alpha value is -0.530. The zero-order chi connectivity index (χ0) is 15.8. The highest BCUT2D eigenvalue weighted by Crippen LogP contribution is 2.13. The van der Waals surface area contributed by atoms with Crippen LogP contribution < -0.4 is 0 Å². The Balaban J connectivity index is 3.35. The summed E-state index contributed by atoms with van der Waals surface area (Å²) in [5.41, 5.74) is 0. The largest absolute Gasteiger partial charge is 0.465 e. The number of ether oxygens (including phenoxy) is 1. The Bertz CT molecular complexity index is 226. The molecule has 126 valence electrons.